The first-order valence-electron chi connectivity index (χ1n) is 16.7. The van der Waals surface area contributed by atoms with E-state index in [0.29, 0.717) is 83.2 Å². The molecular weight excluding hydrogens is 594 g/mol. The molecule has 12 heteroatoms. The van der Waals surface area contributed by atoms with Crippen molar-refractivity contribution in [1.82, 2.24) is 16.0 Å². The molecule has 0 bridgehead atoms. The van der Waals surface area contributed by atoms with Crippen LogP contribution in [-0.4, -0.2) is 110 Å². The standard InChI is InChI=1S/C34H59N3O9/c1-23(39)8-10-26(11-12-27(41)7-6-18-38)30(45-24(2)40)20-32(46-33(43)28(36-4)22-35-3)34(14-16-37-17-15-34)21-25-9-13-29(42)31(19-25)44-5/h9,13,19,23,26-28,30,32,35-39,41-42H,6-8,10-12,14-18,20-22H2,1-5H3/t23-,26+,27+,28-,30-,32+/m0/s1. The Hall–Kier alpha value is -2.48. The van der Waals surface area contributed by atoms with E-state index in [2.05, 4.69) is 16.0 Å². The van der Waals surface area contributed by atoms with Gasteiger partial charge in [0.15, 0.2) is 11.5 Å². The quantitative estimate of drug-likeness (QED) is 0.0908. The molecule has 2 rings (SSSR count). The molecule has 0 amide bonds. The van der Waals surface area contributed by atoms with Gasteiger partial charge in [0.05, 0.1) is 19.3 Å². The summed E-state index contributed by atoms with van der Waals surface area (Å²) in [6, 6.07) is 4.66. The minimum Gasteiger partial charge on any atom is -0.504 e. The number of aliphatic hydroxyl groups is 3. The Morgan fingerprint density at radius 1 is 1.04 bits per heavy atom. The maximum Gasteiger partial charge on any atom is 0.324 e. The fourth-order valence-corrected chi connectivity index (χ4v) is 6.54. The number of rotatable bonds is 22. The number of likely N-dealkylation sites (N-methyl/N-ethyl adjacent to an activating group) is 2. The Kier molecular flexibility index (Phi) is 17.9. The predicted molar refractivity (Wildman–Crippen MR) is 176 cm³/mol. The third-order valence-electron chi connectivity index (χ3n) is 9.19. The molecule has 1 aliphatic heterocycles. The zero-order valence-electron chi connectivity index (χ0n) is 28.4. The summed E-state index contributed by atoms with van der Waals surface area (Å²) in [7, 11) is 4.97. The molecule has 0 spiro atoms. The van der Waals surface area contributed by atoms with Crippen molar-refractivity contribution >= 4 is 11.9 Å². The third-order valence-corrected chi connectivity index (χ3v) is 9.19. The Balaban J connectivity index is 2.56. The van der Waals surface area contributed by atoms with Gasteiger partial charge in [0.1, 0.15) is 18.2 Å². The lowest BCUT2D eigenvalue weighted by Gasteiger charge is -2.45. The molecule has 264 valence electrons. The highest BCUT2D eigenvalue weighted by Gasteiger charge is 2.45. The fraction of sp³-hybridized carbons (Fsp3) is 0.765. The Labute approximate surface area is 274 Å². The number of benzene rings is 1. The number of phenolic OH excluding ortho intramolecular Hbond substituents is 1. The van der Waals surface area contributed by atoms with Gasteiger partial charge in [-0.05, 0) is 116 Å². The lowest BCUT2D eigenvalue weighted by Crippen LogP contribution is -2.52. The van der Waals surface area contributed by atoms with Gasteiger partial charge in [-0.3, -0.25) is 9.59 Å². The number of ether oxygens (including phenoxy) is 3. The average molecular weight is 654 g/mol. The minimum atomic E-state index is -0.646. The van der Waals surface area contributed by atoms with Gasteiger partial charge in [-0.2, -0.15) is 0 Å². The highest BCUT2D eigenvalue weighted by atomic mass is 16.6. The van der Waals surface area contributed by atoms with E-state index in [1.54, 1.807) is 33.2 Å². The second-order valence-corrected chi connectivity index (χ2v) is 12.8. The molecule has 6 atom stereocenters. The van der Waals surface area contributed by atoms with Gasteiger partial charge in [-0.25, -0.2) is 0 Å². The molecule has 1 saturated heterocycles. The van der Waals surface area contributed by atoms with E-state index in [4.69, 9.17) is 14.2 Å². The van der Waals surface area contributed by atoms with Crippen molar-refractivity contribution in [3.05, 3.63) is 23.8 Å². The summed E-state index contributed by atoms with van der Waals surface area (Å²) in [5.41, 5.74) is 0.383. The van der Waals surface area contributed by atoms with Crippen LogP contribution < -0.4 is 20.7 Å². The summed E-state index contributed by atoms with van der Waals surface area (Å²) < 4.78 is 17.9. The Morgan fingerprint density at radius 3 is 2.33 bits per heavy atom. The first-order chi connectivity index (χ1) is 22.0. The van der Waals surface area contributed by atoms with Gasteiger partial charge in [-0.1, -0.05) is 6.07 Å². The van der Waals surface area contributed by atoms with Crippen LogP contribution in [0, 0.1) is 11.3 Å². The van der Waals surface area contributed by atoms with Crippen molar-refractivity contribution in [3.63, 3.8) is 0 Å². The number of carbonyl (C=O) groups excluding carboxylic acids is 2. The van der Waals surface area contributed by atoms with Crippen molar-refractivity contribution in [2.45, 2.75) is 109 Å². The number of methoxy groups -OCH3 is 1. The fourth-order valence-electron chi connectivity index (χ4n) is 6.54. The SMILES string of the molecule is CNC[C@H](NC)C(=O)O[C@H](C[C@H](OC(C)=O)[C@@H](CC[C@H](O)CCCO)CC[C@H](C)O)C1(Cc2ccc(O)c(OC)c2)CCNCC1. The molecule has 46 heavy (non-hydrogen) atoms. The largest absolute Gasteiger partial charge is 0.504 e. The van der Waals surface area contributed by atoms with Gasteiger partial charge in [0, 0.05) is 31.9 Å². The molecule has 0 saturated carbocycles. The summed E-state index contributed by atoms with van der Waals surface area (Å²) in [6.07, 6.45) is 2.63. The first kappa shape index (κ1) is 39.7. The maximum absolute atomic E-state index is 13.7. The van der Waals surface area contributed by atoms with E-state index in [1.807, 2.05) is 6.07 Å². The summed E-state index contributed by atoms with van der Waals surface area (Å²) in [6.45, 7) is 4.85. The normalized spacial score (nSPS) is 18.5. The summed E-state index contributed by atoms with van der Waals surface area (Å²) in [5.74, 6) is -0.688. The summed E-state index contributed by atoms with van der Waals surface area (Å²) in [5, 5.41) is 49.7. The number of nitrogens with one attached hydrogen (secondary N) is 3. The smallest absolute Gasteiger partial charge is 0.324 e. The van der Waals surface area contributed by atoms with Crippen LogP contribution in [0.5, 0.6) is 11.5 Å². The molecule has 7 N–H and O–H groups in total. The van der Waals surface area contributed by atoms with Crippen LogP contribution >= 0.6 is 0 Å². The van der Waals surface area contributed by atoms with E-state index >= 15 is 0 Å². The van der Waals surface area contributed by atoms with E-state index in [-0.39, 0.29) is 24.7 Å². The first-order valence-corrected chi connectivity index (χ1v) is 16.7. The number of piperidine rings is 1. The van der Waals surface area contributed by atoms with Crippen LogP contribution in [0.25, 0.3) is 0 Å². The van der Waals surface area contributed by atoms with Crippen LogP contribution in [0.2, 0.25) is 0 Å². The number of carbonyl (C=O) groups is 2. The summed E-state index contributed by atoms with van der Waals surface area (Å²) >= 11 is 0. The van der Waals surface area contributed by atoms with Gasteiger partial charge in [-0.15, -0.1) is 0 Å². The topological polar surface area (TPSA) is 179 Å². The molecule has 1 aromatic rings. The van der Waals surface area contributed by atoms with E-state index in [1.165, 1.54) is 14.0 Å². The van der Waals surface area contributed by atoms with Crippen LogP contribution in [0.4, 0.5) is 0 Å². The Morgan fingerprint density at radius 2 is 1.74 bits per heavy atom. The molecule has 1 aromatic carbocycles. The van der Waals surface area contributed by atoms with E-state index in [0.717, 1.165) is 5.56 Å². The molecule has 1 heterocycles. The van der Waals surface area contributed by atoms with Crippen LogP contribution in [0.15, 0.2) is 18.2 Å². The summed E-state index contributed by atoms with van der Waals surface area (Å²) in [4.78, 5) is 26.2. The molecular formula is C34H59N3O9. The minimum absolute atomic E-state index is 0.00333. The number of hydrogen-bond acceptors (Lipinski definition) is 12. The van der Waals surface area contributed by atoms with Gasteiger partial charge < -0.3 is 50.6 Å². The van der Waals surface area contributed by atoms with Gasteiger partial charge in [0.2, 0.25) is 0 Å². The number of aliphatic hydroxyl groups excluding tert-OH is 3. The lowest BCUT2D eigenvalue weighted by molar-refractivity contribution is -0.168. The molecule has 1 fully saturated rings. The van der Waals surface area contributed by atoms with Crippen molar-refractivity contribution in [1.29, 1.82) is 0 Å². The van der Waals surface area contributed by atoms with E-state index < -0.39 is 47.8 Å². The average Bonchev–Trinajstić information content (AvgIpc) is 3.02. The van der Waals surface area contributed by atoms with E-state index in [9.17, 15) is 30.0 Å². The molecule has 0 unspecified atom stereocenters. The maximum atomic E-state index is 13.7. The highest BCUT2D eigenvalue weighted by Crippen LogP contribution is 2.43. The number of hydrogen-bond donors (Lipinski definition) is 7. The number of phenols is 1. The third kappa shape index (κ3) is 13.0. The monoisotopic (exact) mass is 653 g/mol. The zero-order valence-corrected chi connectivity index (χ0v) is 28.4. The predicted octanol–water partition coefficient (Wildman–Crippen LogP) is 2.04. The van der Waals surface area contributed by atoms with Gasteiger partial charge in [0.25, 0.3) is 0 Å². The van der Waals surface area contributed by atoms with Gasteiger partial charge >= 0.3 is 11.9 Å². The molecule has 0 radical (unpaired) electrons. The molecule has 0 aromatic heterocycles. The number of aromatic hydroxyl groups is 1. The Bertz CT molecular complexity index is 1040. The molecule has 12 nitrogen and oxygen atoms in total. The second kappa shape index (κ2) is 20.7. The van der Waals surface area contributed by atoms with Crippen LogP contribution in [-0.2, 0) is 25.5 Å². The number of esters is 2. The van der Waals surface area contributed by atoms with Crippen molar-refractivity contribution in [3.8, 4) is 11.5 Å². The second-order valence-electron chi connectivity index (χ2n) is 12.8. The lowest BCUT2D eigenvalue weighted by atomic mass is 9.67. The van der Waals surface area contributed by atoms with Crippen LogP contribution in [0.1, 0.15) is 77.2 Å². The van der Waals surface area contributed by atoms with Crippen molar-refractivity contribution in [2.24, 2.45) is 11.3 Å². The van der Waals surface area contributed by atoms with Crippen molar-refractivity contribution < 1.29 is 44.2 Å². The highest BCUT2D eigenvalue weighted by molar-refractivity contribution is 5.76. The zero-order chi connectivity index (χ0) is 34.1. The van der Waals surface area contributed by atoms with Crippen molar-refractivity contribution in [2.75, 3.05) is 47.4 Å². The van der Waals surface area contributed by atoms with Crippen LogP contribution in [0.3, 0.4) is 0 Å². The molecule has 0 aliphatic carbocycles. The molecule has 1 aliphatic rings.